The van der Waals surface area contributed by atoms with Crippen molar-refractivity contribution < 1.29 is 9.53 Å². The molecule has 2 aromatic carbocycles. The van der Waals surface area contributed by atoms with Gasteiger partial charge in [0.2, 0.25) is 0 Å². The van der Waals surface area contributed by atoms with Gasteiger partial charge < -0.3 is 4.74 Å². The molecule has 2 aliphatic rings. The number of nitrogens with zero attached hydrogens (tertiary/aromatic N) is 1. The van der Waals surface area contributed by atoms with Gasteiger partial charge in [0.15, 0.2) is 0 Å². The summed E-state index contributed by atoms with van der Waals surface area (Å²) in [6, 6.07) is 18.9. The average molecular weight is 349 g/mol. The lowest BCUT2D eigenvalue weighted by molar-refractivity contribution is -0.0291. The van der Waals surface area contributed by atoms with Crippen LogP contribution in [0.2, 0.25) is 0 Å². The summed E-state index contributed by atoms with van der Waals surface area (Å²) in [6.07, 6.45) is 1.45. The van der Waals surface area contributed by atoms with E-state index >= 15 is 0 Å². The number of ether oxygens (including phenoxy) is 1. The van der Waals surface area contributed by atoms with E-state index in [-0.39, 0.29) is 11.5 Å². The second-order valence-electron chi connectivity index (χ2n) is 8.66. The zero-order valence-corrected chi connectivity index (χ0v) is 16.1. The molecule has 1 aliphatic carbocycles. The number of carbonyl (C=O) groups excluding carboxylic acids is 1. The molecule has 1 fully saturated rings. The highest BCUT2D eigenvalue weighted by Gasteiger charge is 2.65. The molecule has 1 amide bonds. The molecule has 1 heterocycles. The minimum absolute atomic E-state index is 0.0272. The second-order valence-corrected chi connectivity index (χ2v) is 8.66. The van der Waals surface area contributed by atoms with Crippen LogP contribution in [-0.2, 0) is 22.1 Å². The molecule has 0 N–H and O–H groups in total. The third kappa shape index (κ3) is 2.29. The van der Waals surface area contributed by atoms with E-state index in [1.54, 1.807) is 0 Å². The Bertz CT molecular complexity index is 844. The Balaban J connectivity index is 1.77. The lowest BCUT2D eigenvalue weighted by atomic mass is 9.59. The number of carbonyl (C=O) groups is 1. The minimum Gasteiger partial charge on any atom is -0.440 e. The quantitative estimate of drug-likeness (QED) is 0.777. The Morgan fingerprint density at radius 2 is 1.54 bits per heavy atom. The molecule has 0 spiro atoms. The van der Waals surface area contributed by atoms with Crippen LogP contribution < -0.4 is 0 Å². The van der Waals surface area contributed by atoms with Gasteiger partial charge in [-0.25, -0.2) is 4.79 Å². The molecule has 0 aromatic heterocycles. The van der Waals surface area contributed by atoms with Crippen LogP contribution in [0.25, 0.3) is 0 Å². The predicted octanol–water partition coefficient (Wildman–Crippen LogP) is 5.04. The molecule has 2 aromatic rings. The van der Waals surface area contributed by atoms with Crippen LogP contribution in [0.4, 0.5) is 4.79 Å². The van der Waals surface area contributed by atoms with Crippen LogP contribution in [0.15, 0.2) is 54.6 Å². The van der Waals surface area contributed by atoms with Crippen LogP contribution in [-0.4, -0.2) is 23.1 Å². The Hall–Kier alpha value is -2.29. The van der Waals surface area contributed by atoms with E-state index in [0.29, 0.717) is 6.54 Å². The smallest absolute Gasteiger partial charge is 0.411 e. The van der Waals surface area contributed by atoms with Gasteiger partial charge in [-0.1, -0.05) is 68.4 Å². The van der Waals surface area contributed by atoms with Crippen molar-refractivity contribution in [3.05, 3.63) is 71.3 Å². The van der Waals surface area contributed by atoms with Gasteiger partial charge in [-0.2, -0.15) is 0 Å². The largest absolute Gasteiger partial charge is 0.440 e. The Kier molecular flexibility index (Phi) is 3.69. The maximum absolute atomic E-state index is 12.9. The number of hydrogen-bond acceptors (Lipinski definition) is 2. The first-order valence-electron chi connectivity index (χ1n) is 9.42. The molecule has 0 bridgehead atoms. The van der Waals surface area contributed by atoms with Crippen molar-refractivity contribution in [2.24, 2.45) is 0 Å². The molecular formula is C23H27NO2. The van der Waals surface area contributed by atoms with E-state index < -0.39 is 11.1 Å². The van der Waals surface area contributed by atoms with Gasteiger partial charge in [0.25, 0.3) is 0 Å². The number of benzene rings is 2. The summed E-state index contributed by atoms with van der Waals surface area (Å²) in [4.78, 5) is 14.8. The third-order valence-corrected chi connectivity index (χ3v) is 6.53. The van der Waals surface area contributed by atoms with Crippen molar-refractivity contribution in [3.63, 3.8) is 0 Å². The molecule has 4 rings (SSSR count). The van der Waals surface area contributed by atoms with Crippen LogP contribution in [0.3, 0.4) is 0 Å². The van der Waals surface area contributed by atoms with Gasteiger partial charge in [-0.05, 0) is 48.8 Å². The SMILES string of the molecule is CC1(C)C[C@@]2(C)OC(=O)N(CCc3ccccc3)[C@]2(C)c2ccccc21. The van der Waals surface area contributed by atoms with Gasteiger partial charge in [0, 0.05) is 6.54 Å². The maximum Gasteiger partial charge on any atom is 0.411 e. The van der Waals surface area contributed by atoms with Gasteiger partial charge >= 0.3 is 6.09 Å². The van der Waals surface area contributed by atoms with Crippen molar-refractivity contribution in [1.29, 1.82) is 0 Å². The van der Waals surface area contributed by atoms with Crippen molar-refractivity contribution >= 4 is 6.09 Å². The summed E-state index contributed by atoms with van der Waals surface area (Å²) in [5.41, 5.74) is 2.77. The predicted molar refractivity (Wildman–Crippen MR) is 103 cm³/mol. The van der Waals surface area contributed by atoms with Gasteiger partial charge in [-0.15, -0.1) is 0 Å². The minimum atomic E-state index is -0.529. The number of fused-ring (bicyclic) bond motifs is 3. The molecule has 1 aliphatic heterocycles. The van der Waals surface area contributed by atoms with E-state index in [9.17, 15) is 4.79 Å². The summed E-state index contributed by atoms with van der Waals surface area (Å²) in [5, 5.41) is 0. The molecule has 0 saturated carbocycles. The average Bonchev–Trinajstić information content (AvgIpc) is 2.80. The molecule has 3 nitrogen and oxygen atoms in total. The summed E-state index contributed by atoms with van der Waals surface area (Å²) < 4.78 is 6.04. The second kappa shape index (κ2) is 5.60. The Morgan fingerprint density at radius 1 is 0.923 bits per heavy atom. The zero-order chi connectivity index (χ0) is 18.6. The van der Waals surface area contributed by atoms with E-state index in [2.05, 4.69) is 64.1 Å². The maximum atomic E-state index is 12.9. The molecule has 26 heavy (non-hydrogen) atoms. The van der Waals surface area contributed by atoms with Crippen molar-refractivity contribution in [3.8, 4) is 0 Å². The molecule has 3 heteroatoms. The normalized spacial score (nSPS) is 29.1. The van der Waals surface area contributed by atoms with E-state index in [0.717, 1.165) is 12.8 Å². The highest BCUT2D eigenvalue weighted by Crippen LogP contribution is 2.57. The van der Waals surface area contributed by atoms with Crippen LogP contribution in [0, 0.1) is 0 Å². The monoisotopic (exact) mass is 349 g/mol. The highest BCUT2D eigenvalue weighted by molar-refractivity contribution is 5.74. The lowest BCUT2D eigenvalue weighted by Gasteiger charge is -2.52. The van der Waals surface area contributed by atoms with Crippen molar-refractivity contribution in [2.45, 2.75) is 57.1 Å². The van der Waals surface area contributed by atoms with Gasteiger partial charge in [0.1, 0.15) is 11.1 Å². The molecule has 2 atom stereocenters. The summed E-state index contributed by atoms with van der Waals surface area (Å²) in [5.74, 6) is 0. The molecular weight excluding hydrogens is 322 g/mol. The van der Waals surface area contributed by atoms with E-state index in [4.69, 9.17) is 4.74 Å². The van der Waals surface area contributed by atoms with Crippen molar-refractivity contribution in [1.82, 2.24) is 4.90 Å². The van der Waals surface area contributed by atoms with Gasteiger partial charge in [0.05, 0.1) is 0 Å². The number of hydrogen-bond donors (Lipinski definition) is 0. The molecule has 1 saturated heterocycles. The first-order valence-corrected chi connectivity index (χ1v) is 9.42. The Morgan fingerprint density at radius 3 is 2.23 bits per heavy atom. The highest BCUT2D eigenvalue weighted by atomic mass is 16.6. The molecule has 0 unspecified atom stereocenters. The Labute approximate surface area is 156 Å². The van der Waals surface area contributed by atoms with Crippen LogP contribution in [0.1, 0.15) is 50.8 Å². The number of amides is 1. The number of rotatable bonds is 3. The topological polar surface area (TPSA) is 29.5 Å². The summed E-state index contributed by atoms with van der Waals surface area (Å²) in [6.45, 7) is 9.43. The van der Waals surface area contributed by atoms with E-state index in [1.807, 2.05) is 23.1 Å². The lowest BCUT2D eigenvalue weighted by Crippen LogP contribution is -2.58. The van der Waals surface area contributed by atoms with Crippen molar-refractivity contribution in [2.75, 3.05) is 6.54 Å². The summed E-state index contributed by atoms with van der Waals surface area (Å²) in [7, 11) is 0. The first kappa shape index (κ1) is 17.1. The fourth-order valence-electron chi connectivity index (χ4n) is 5.09. The standard InChI is InChI=1S/C23H27NO2/c1-21(2)16-22(3)23(4,19-13-9-8-12-18(19)21)24(20(25)26-22)15-14-17-10-6-5-7-11-17/h5-13H,14-16H2,1-4H3/t22-,23-/m1/s1. The zero-order valence-electron chi connectivity index (χ0n) is 16.1. The third-order valence-electron chi connectivity index (χ3n) is 6.53. The van der Waals surface area contributed by atoms with Crippen LogP contribution in [0.5, 0.6) is 0 Å². The molecule has 136 valence electrons. The molecule has 0 radical (unpaired) electrons. The first-order chi connectivity index (χ1) is 12.3. The van der Waals surface area contributed by atoms with Crippen LogP contribution >= 0.6 is 0 Å². The van der Waals surface area contributed by atoms with E-state index in [1.165, 1.54) is 16.7 Å². The fourth-order valence-corrected chi connectivity index (χ4v) is 5.09. The van der Waals surface area contributed by atoms with Gasteiger partial charge in [-0.3, -0.25) is 4.90 Å². The summed E-state index contributed by atoms with van der Waals surface area (Å²) >= 11 is 0. The fraction of sp³-hybridized carbons (Fsp3) is 0.435.